The van der Waals surface area contributed by atoms with E-state index in [0.29, 0.717) is 5.92 Å². The summed E-state index contributed by atoms with van der Waals surface area (Å²) in [6.07, 6.45) is 0. The average molecular weight is 455 g/mol. The van der Waals surface area contributed by atoms with Crippen molar-refractivity contribution in [2.75, 3.05) is 0 Å². The Morgan fingerprint density at radius 3 is 2.53 bits per heavy atom. The highest BCUT2D eigenvalue weighted by atomic mass is 32.2. The maximum absolute atomic E-state index is 4.84. The van der Waals surface area contributed by atoms with Crippen molar-refractivity contribution in [2.24, 2.45) is 0 Å². The Hall–Kier alpha value is -1.96. The minimum atomic E-state index is 0.290. The molecule has 0 aliphatic carbocycles. The van der Waals surface area contributed by atoms with Gasteiger partial charge in [0.25, 0.3) is 0 Å². The zero-order valence-electron chi connectivity index (χ0n) is 17.9. The molecular weight excluding hydrogens is 428 g/mol. The highest BCUT2D eigenvalue weighted by molar-refractivity contribution is 7.98. The molecule has 30 heavy (non-hydrogen) atoms. The molecule has 7 heteroatoms. The molecule has 0 bridgehead atoms. The van der Waals surface area contributed by atoms with Gasteiger partial charge in [-0.25, -0.2) is 4.98 Å². The summed E-state index contributed by atoms with van der Waals surface area (Å²) in [7, 11) is 0. The molecule has 0 amide bonds. The van der Waals surface area contributed by atoms with Gasteiger partial charge in [-0.15, -0.1) is 32.9 Å². The first-order valence-electron chi connectivity index (χ1n) is 10.1. The van der Waals surface area contributed by atoms with E-state index < -0.39 is 0 Å². The second-order valence-electron chi connectivity index (χ2n) is 7.96. The van der Waals surface area contributed by atoms with Crippen LogP contribution in [-0.4, -0.2) is 19.7 Å². The smallest absolute Gasteiger partial charge is 0.192 e. The van der Waals surface area contributed by atoms with Gasteiger partial charge in [-0.2, -0.15) is 0 Å². The summed E-state index contributed by atoms with van der Waals surface area (Å²) in [5.41, 5.74) is 4.68. The van der Waals surface area contributed by atoms with Gasteiger partial charge in [0.2, 0.25) is 0 Å². The largest absolute Gasteiger partial charge is 0.299 e. The first-order valence-corrected chi connectivity index (χ1v) is 12.8. The molecule has 3 heterocycles. The van der Waals surface area contributed by atoms with Crippen LogP contribution < -0.4 is 0 Å². The number of nitrogens with zero attached hydrogens (tertiary/aromatic N) is 4. The number of hydrogen-bond donors (Lipinski definition) is 0. The van der Waals surface area contributed by atoms with E-state index in [1.807, 2.05) is 0 Å². The van der Waals surface area contributed by atoms with Crippen LogP contribution in [0.1, 0.15) is 55.8 Å². The molecule has 0 aliphatic rings. The number of hydrogen-bond acceptors (Lipinski definition) is 6. The predicted octanol–water partition coefficient (Wildman–Crippen LogP) is 7.44. The molecule has 0 atom stereocenters. The van der Waals surface area contributed by atoms with Crippen LogP contribution in [0.15, 0.2) is 46.2 Å². The van der Waals surface area contributed by atoms with Crippen LogP contribution in [-0.2, 0) is 5.75 Å². The van der Waals surface area contributed by atoms with Crippen LogP contribution in [0, 0.1) is 6.92 Å². The van der Waals surface area contributed by atoms with Crippen molar-refractivity contribution in [3.63, 3.8) is 0 Å². The van der Waals surface area contributed by atoms with Gasteiger partial charge in [-0.05, 0) is 38.8 Å². The van der Waals surface area contributed by atoms with E-state index in [0.717, 1.165) is 33.0 Å². The summed E-state index contributed by atoms with van der Waals surface area (Å²) >= 11 is 5.20. The van der Waals surface area contributed by atoms with Gasteiger partial charge in [0.1, 0.15) is 5.01 Å². The lowest BCUT2D eigenvalue weighted by Gasteiger charge is -2.12. The predicted molar refractivity (Wildman–Crippen MR) is 130 cm³/mol. The van der Waals surface area contributed by atoms with Gasteiger partial charge in [-0.1, -0.05) is 49.4 Å². The molecular formula is C23H26N4S3. The van der Waals surface area contributed by atoms with E-state index in [2.05, 4.69) is 90.5 Å². The van der Waals surface area contributed by atoms with Crippen LogP contribution in [0.2, 0.25) is 0 Å². The van der Waals surface area contributed by atoms with Gasteiger partial charge in [0.05, 0.1) is 5.69 Å². The molecule has 0 spiro atoms. The maximum Gasteiger partial charge on any atom is 0.192 e. The molecule has 4 rings (SSSR count). The molecule has 156 valence electrons. The number of aromatic nitrogens is 4. The molecule has 0 radical (unpaired) electrons. The number of thiazole rings is 1. The highest BCUT2D eigenvalue weighted by Gasteiger charge is 2.19. The molecule has 0 N–H and O–H groups in total. The lowest BCUT2D eigenvalue weighted by atomic mass is 10.1. The van der Waals surface area contributed by atoms with E-state index >= 15 is 0 Å². The summed E-state index contributed by atoms with van der Waals surface area (Å²) < 4.78 is 2.24. The van der Waals surface area contributed by atoms with Gasteiger partial charge < -0.3 is 0 Å². The fourth-order valence-electron chi connectivity index (χ4n) is 3.23. The molecule has 4 nitrogen and oxygen atoms in total. The molecule has 0 saturated carbocycles. The minimum absolute atomic E-state index is 0.290. The number of thiophene rings is 1. The van der Waals surface area contributed by atoms with Crippen molar-refractivity contribution >= 4 is 34.4 Å². The summed E-state index contributed by atoms with van der Waals surface area (Å²) in [6.45, 7) is 10.9. The fourth-order valence-corrected chi connectivity index (χ4v) is 6.02. The van der Waals surface area contributed by atoms with Crippen LogP contribution in [0.5, 0.6) is 0 Å². The average Bonchev–Trinajstić information content (AvgIpc) is 3.44. The fraction of sp³-hybridized carbons (Fsp3) is 0.348. The third-order valence-corrected chi connectivity index (χ3v) is 7.94. The maximum atomic E-state index is 4.84. The topological polar surface area (TPSA) is 43.6 Å². The molecule has 0 unspecified atom stereocenters. The Bertz CT molecular complexity index is 1140. The Balaban J connectivity index is 1.53. The summed E-state index contributed by atoms with van der Waals surface area (Å²) in [5.74, 6) is 2.27. The first-order chi connectivity index (χ1) is 14.4. The third kappa shape index (κ3) is 4.53. The van der Waals surface area contributed by atoms with Crippen LogP contribution in [0.3, 0.4) is 0 Å². The zero-order valence-corrected chi connectivity index (χ0v) is 20.4. The lowest BCUT2D eigenvalue weighted by molar-refractivity contribution is 0.555. The van der Waals surface area contributed by atoms with E-state index in [1.165, 1.54) is 16.0 Å². The summed E-state index contributed by atoms with van der Waals surface area (Å²) in [6, 6.07) is 11.0. The van der Waals surface area contributed by atoms with E-state index in [9.17, 15) is 0 Å². The molecule has 0 fully saturated rings. The third-order valence-electron chi connectivity index (χ3n) is 4.79. The monoisotopic (exact) mass is 454 g/mol. The van der Waals surface area contributed by atoms with Crippen molar-refractivity contribution < 1.29 is 0 Å². The van der Waals surface area contributed by atoms with Crippen molar-refractivity contribution in [3.8, 4) is 22.0 Å². The molecule has 1 aromatic carbocycles. The molecule has 4 aromatic rings. The Morgan fingerprint density at radius 1 is 1.00 bits per heavy atom. The Morgan fingerprint density at radius 2 is 1.83 bits per heavy atom. The normalized spacial score (nSPS) is 11.7. The standard InChI is InChI=1S/C23H26N4S3/c1-14(2)20-10-18(11-28-20)21-25-26-23(27(21)15(3)4)30-13-19-12-29-22(24-19)17-8-6-7-16(5)9-17/h6-12,14-15H,13H2,1-5H3. The number of aryl methyl sites for hydroxylation is 1. The van der Waals surface area contributed by atoms with E-state index in [4.69, 9.17) is 4.98 Å². The molecule has 3 aromatic heterocycles. The minimum Gasteiger partial charge on any atom is -0.299 e. The second kappa shape index (κ2) is 9.04. The van der Waals surface area contributed by atoms with Gasteiger partial charge in [-0.3, -0.25) is 4.57 Å². The van der Waals surface area contributed by atoms with Gasteiger partial charge in [0, 0.05) is 38.6 Å². The van der Waals surface area contributed by atoms with Crippen molar-refractivity contribution in [1.29, 1.82) is 0 Å². The van der Waals surface area contributed by atoms with Crippen molar-refractivity contribution in [2.45, 2.75) is 57.5 Å². The summed E-state index contributed by atoms with van der Waals surface area (Å²) in [4.78, 5) is 6.22. The van der Waals surface area contributed by atoms with Gasteiger partial charge >= 0.3 is 0 Å². The van der Waals surface area contributed by atoms with Crippen LogP contribution >= 0.6 is 34.4 Å². The lowest BCUT2D eigenvalue weighted by Crippen LogP contribution is -2.04. The summed E-state index contributed by atoms with van der Waals surface area (Å²) in [5, 5.41) is 15.4. The number of rotatable bonds is 7. The van der Waals surface area contributed by atoms with Gasteiger partial charge in [0.15, 0.2) is 11.0 Å². The number of benzene rings is 1. The molecule has 0 aliphatic heterocycles. The van der Waals surface area contributed by atoms with E-state index in [-0.39, 0.29) is 6.04 Å². The quantitative estimate of drug-likeness (QED) is 0.272. The first kappa shape index (κ1) is 21.3. The van der Waals surface area contributed by atoms with Crippen molar-refractivity contribution in [1.82, 2.24) is 19.7 Å². The van der Waals surface area contributed by atoms with Crippen LogP contribution in [0.4, 0.5) is 0 Å². The van der Waals surface area contributed by atoms with Crippen LogP contribution in [0.25, 0.3) is 22.0 Å². The van der Waals surface area contributed by atoms with E-state index in [1.54, 1.807) is 34.4 Å². The zero-order chi connectivity index (χ0) is 21.3. The second-order valence-corrected chi connectivity index (χ2v) is 10.7. The highest BCUT2D eigenvalue weighted by Crippen LogP contribution is 2.34. The Kier molecular flexibility index (Phi) is 6.41. The Labute approximate surface area is 190 Å². The number of thioether (sulfide) groups is 1. The van der Waals surface area contributed by atoms with Crippen molar-refractivity contribution in [3.05, 3.63) is 57.2 Å². The molecule has 0 saturated heterocycles. The SMILES string of the molecule is Cc1cccc(-c2nc(CSc3nnc(-c4csc(C(C)C)c4)n3C(C)C)cs2)c1.